The molecule has 0 aromatic heterocycles. The number of anilines is 1. The van der Waals surface area contributed by atoms with Crippen molar-refractivity contribution in [2.45, 2.75) is 18.9 Å². The SMILES string of the molecule is COc1ccc(/C=C/C(=O)Nc2ccccc2C(=O)NCC2CCCO2)c(OC)c1. The molecule has 1 aliphatic heterocycles. The Kier molecular flexibility index (Phi) is 7.45. The van der Waals surface area contributed by atoms with Crippen molar-refractivity contribution in [2.24, 2.45) is 0 Å². The minimum absolute atomic E-state index is 0.0538. The molecule has 0 radical (unpaired) electrons. The van der Waals surface area contributed by atoms with Crippen molar-refractivity contribution in [3.63, 3.8) is 0 Å². The smallest absolute Gasteiger partial charge is 0.253 e. The second-order valence-electron chi connectivity index (χ2n) is 6.82. The van der Waals surface area contributed by atoms with E-state index in [4.69, 9.17) is 14.2 Å². The van der Waals surface area contributed by atoms with Gasteiger partial charge in [-0.3, -0.25) is 9.59 Å². The molecule has 158 valence electrons. The Morgan fingerprint density at radius 3 is 2.73 bits per heavy atom. The van der Waals surface area contributed by atoms with Gasteiger partial charge >= 0.3 is 0 Å². The van der Waals surface area contributed by atoms with Crippen molar-refractivity contribution < 1.29 is 23.8 Å². The molecule has 7 nitrogen and oxygen atoms in total. The van der Waals surface area contributed by atoms with Crippen molar-refractivity contribution >= 4 is 23.6 Å². The van der Waals surface area contributed by atoms with Crippen LogP contribution in [0.1, 0.15) is 28.8 Å². The van der Waals surface area contributed by atoms with Crippen LogP contribution in [0.3, 0.4) is 0 Å². The third kappa shape index (κ3) is 5.61. The number of methoxy groups -OCH3 is 2. The van der Waals surface area contributed by atoms with E-state index in [-0.39, 0.29) is 17.9 Å². The van der Waals surface area contributed by atoms with Crippen LogP contribution in [0.5, 0.6) is 11.5 Å². The maximum atomic E-state index is 12.6. The number of hydrogen-bond donors (Lipinski definition) is 2. The van der Waals surface area contributed by atoms with E-state index in [1.165, 1.54) is 6.08 Å². The Bertz CT molecular complexity index is 920. The topological polar surface area (TPSA) is 85.9 Å². The Morgan fingerprint density at radius 2 is 2.00 bits per heavy atom. The van der Waals surface area contributed by atoms with Crippen molar-refractivity contribution in [1.29, 1.82) is 0 Å². The van der Waals surface area contributed by atoms with Crippen LogP contribution in [0, 0.1) is 0 Å². The molecule has 1 aliphatic rings. The molecule has 0 saturated carbocycles. The number of benzene rings is 2. The van der Waals surface area contributed by atoms with Gasteiger partial charge in [-0.05, 0) is 43.2 Å². The molecular weight excluding hydrogens is 384 g/mol. The number of para-hydroxylation sites is 1. The van der Waals surface area contributed by atoms with E-state index in [1.54, 1.807) is 62.8 Å². The molecule has 0 aliphatic carbocycles. The molecule has 7 heteroatoms. The Hall–Kier alpha value is -3.32. The van der Waals surface area contributed by atoms with Crippen LogP contribution in [-0.4, -0.2) is 45.3 Å². The van der Waals surface area contributed by atoms with Crippen molar-refractivity contribution in [1.82, 2.24) is 5.32 Å². The summed E-state index contributed by atoms with van der Waals surface area (Å²) < 4.78 is 16.0. The highest BCUT2D eigenvalue weighted by molar-refractivity contribution is 6.07. The number of hydrogen-bond acceptors (Lipinski definition) is 5. The molecule has 0 spiro atoms. The van der Waals surface area contributed by atoms with Gasteiger partial charge in [-0.2, -0.15) is 0 Å². The molecule has 1 atom stereocenters. The monoisotopic (exact) mass is 410 g/mol. The summed E-state index contributed by atoms with van der Waals surface area (Å²) in [6, 6.07) is 12.2. The van der Waals surface area contributed by atoms with E-state index < -0.39 is 0 Å². The summed E-state index contributed by atoms with van der Waals surface area (Å²) in [5.74, 6) is 0.651. The molecule has 0 bridgehead atoms. The molecule has 2 N–H and O–H groups in total. The lowest BCUT2D eigenvalue weighted by atomic mass is 10.1. The van der Waals surface area contributed by atoms with Gasteiger partial charge in [0.1, 0.15) is 11.5 Å². The number of amides is 2. The molecule has 2 aromatic rings. The highest BCUT2D eigenvalue weighted by Crippen LogP contribution is 2.25. The summed E-state index contributed by atoms with van der Waals surface area (Å²) in [6.07, 6.45) is 5.05. The Morgan fingerprint density at radius 1 is 1.17 bits per heavy atom. The third-order valence-corrected chi connectivity index (χ3v) is 4.80. The fourth-order valence-corrected chi connectivity index (χ4v) is 3.19. The Labute approximate surface area is 176 Å². The fourth-order valence-electron chi connectivity index (χ4n) is 3.19. The van der Waals surface area contributed by atoms with E-state index in [0.29, 0.717) is 29.3 Å². The molecule has 3 rings (SSSR count). The highest BCUT2D eigenvalue weighted by Gasteiger charge is 2.18. The van der Waals surface area contributed by atoms with Gasteiger partial charge in [0, 0.05) is 30.9 Å². The van der Waals surface area contributed by atoms with Crippen LogP contribution in [0.2, 0.25) is 0 Å². The summed E-state index contributed by atoms with van der Waals surface area (Å²) in [7, 11) is 3.13. The lowest BCUT2D eigenvalue weighted by Gasteiger charge is -2.13. The van der Waals surface area contributed by atoms with E-state index in [0.717, 1.165) is 25.0 Å². The van der Waals surface area contributed by atoms with Gasteiger partial charge in [-0.15, -0.1) is 0 Å². The highest BCUT2D eigenvalue weighted by atomic mass is 16.5. The summed E-state index contributed by atoms with van der Waals surface area (Å²) in [6.45, 7) is 1.19. The summed E-state index contributed by atoms with van der Waals surface area (Å²) in [4.78, 5) is 25.0. The second kappa shape index (κ2) is 10.5. The normalized spacial score (nSPS) is 15.7. The predicted octanol–water partition coefficient (Wildman–Crippen LogP) is 3.26. The first-order valence-corrected chi connectivity index (χ1v) is 9.80. The molecular formula is C23H26N2O5. The average Bonchev–Trinajstić information content (AvgIpc) is 3.30. The zero-order chi connectivity index (χ0) is 21.3. The lowest BCUT2D eigenvalue weighted by molar-refractivity contribution is -0.111. The van der Waals surface area contributed by atoms with E-state index >= 15 is 0 Å². The molecule has 30 heavy (non-hydrogen) atoms. The van der Waals surface area contributed by atoms with Crippen LogP contribution in [-0.2, 0) is 9.53 Å². The molecule has 2 aromatic carbocycles. The van der Waals surface area contributed by atoms with Crippen molar-refractivity contribution in [3.8, 4) is 11.5 Å². The fraction of sp³-hybridized carbons (Fsp3) is 0.304. The zero-order valence-electron chi connectivity index (χ0n) is 17.1. The largest absolute Gasteiger partial charge is 0.497 e. The minimum Gasteiger partial charge on any atom is -0.497 e. The summed E-state index contributed by atoms with van der Waals surface area (Å²) in [5.41, 5.74) is 1.58. The minimum atomic E-state index is -0.354. The summed E-state index contributed by atoms with van der Waals surface area (Å²) >= 11 is 0. The van der Waals surface area contributed by atoms with E-state index in [1.807, 2.05) is 0 Å². The molecule has 1 fully saturated rings. The molecule has 2 amide bonds. The van der Waals surface area contributed by atoms with Gasteiger partial charge in [-0.25, -0.2) is 0 Å². The van der Waals surface area contributed by atoms with Crippen molar-refractivity contribution in [3.05, 3.63) is 59.7 Å². The molecule has 1 unspecified atom stereocenters. The van der Waals surface area contributed by atoms with Gasteiger partial charge in [0.05, 0.1) is 31.6 Å². The van der Waals surface area contributed by atoms with E-state index in [2.05, 4.69) is 10.6 Å². The van der Waals surface area contributed by atoms with Crippen LogP contribution < -0.4 is 20.1 Å². The second-order valence-corrected chi connectivity index (χ2v) is 6.82. The number of carbonyl (C=O) groups is 2. The lowest BCUT2D eigenvalue weighted by Crippen LogP contribution is -2.32. The third-order valence-electron chi connectivity index (χ3n) is 4.80. The first-order chi connectivity index (χ1) is 14.6. The standard InChI is InChI=1S/C23H26N2O5/c1-28-17-11-9-16(21(14-17)29-2)10-12-22(26)25-20-8-4-3-7-19(20)23(27)24-15-18-6-5-13-30-18/h3-4,7-12,14,18H,5-6,13,15H2,1-2H3,(H,24,27)(H,25,26)/b12-10+. The van der Waals surface area contributed by atoms with Gasteiger partial charge in [0.25, 0.3) is 5.91 Å². The number of ether oxygens (including phenoxy) is 3. The van der Waals surface area contributed by atoms with E-state index in [9.17, 15) is 9.59 Å². The Balaban J connectivity index is 1.65. The number of rotatable bonds is 8. The van der Waals surface area contributed by atoms with Crippen LogP contribution in [0.25, 0.3) is 6.08 Å². The van der Waals surface area contributed by atoms with Crippen LogP contribution in [0.15, 0.2) is 48.5 Å². The van der Waals surface area contributed by atoms with Gasteiger partial charge < -0.3 is 24.8 Å². The first-order valence-electron chi connectivity index (χ1n) is 9.80. The van der Waals surface area contributed by atoms with Gasteiger partial charge in [0.2, 0.25) is 5.91 Å². The maximum absolute atomic E-state index is 12.6. The molecule has 1 heterocycles. The predicted molar refractivity (Wildman–Crippen MR) is 115 cm³/mol. The van der Waals surface area contributed by atoms with Gasteiger partial charge in [-0.1, -0.05) is 12.1 Å². The maximum Gasteiger partial charge on any atom is 0.253 e. The summed E-state index contributed by atoms with van der Waals surface area (Å²) in [5, 5.41) is 5.64. The average molecular weight is 410 g/mol. The van der Waals surface area contributed by atoms with Crippen LogP contribution in [0.4, 0.5) is 5.69 Å². The van der Waals surface area contributed by atoms with Crippen molar-refractivity contribution in [2.75, 3.05) is 32.7 Å². The molecule has 1 saturated heterocycles. The van der Waals surface area contributed by atoms with Gasteiger partial charge in [0.15, 0.2) is 0 Å². The van der Waals surface area contributed by atoms with Crippen LogP contribution >= 0.6 is 0 Å². The quantitative estimate of drug-likeness (QED) is 0.653. The number of carbonyl (C=O) groups excluding carboxylic acids is 2. The zero-order valence-corrected chi connectivity index (χ0v) is 17.1. The first kappa shape index (κ1) is 21.4. The number of nitrogens with one attached hydrogen (secondary N) is 2.